The maximum absolute atomic E-state index is 10.0. The molecule has 236 valence electrons. The van der Waals surface area contributed by atoms with Gasteiger partial charge in [0.25, 0.3) is 0 Å². The van der Waals surface area contributed by atoms with Gasteiger partial charge in [0.05, 0.1) is 51.8 Å². The lowest BCUT2D eigenvalue weighted by Crippen LogP contribution is -2.46. The van der Waals surface area contributed by atoms with Gasteiger partial charge in [-0.25, -0.2) is 4.68 Å². The molecule has 5 aromatic rings. The van der Waals surface area contributed by atoms with Crippen molar-refractivity contribution in [1.29, 1.82) is 5.26 Å². The van der Waals surface area contributed by atoms with Crippen molar-refractivity contribution in [1.82, 2.24) is 29.9 Å². The van der Waals surface area contributed by atoms with Gasteiger partial charge in [-0.15, -0.1) is 5.10 Å². The first-order chi connectivity index (χ1) is 22.1. The summed E-state index contributed by atoms with van der Waals surface area (Å²) in [5.41, 5.74) is 5.16. The van der Waals surface area contributed by atoms with Gasteiger partial charge in [0.15, 0.2) is 0 Å². The fourth-order valence-corrected chi connectivity index (χ4v) is 6.45. The lowest BCUT2D eigenvalue weighted by atomic mass is 9.98. The molecule has 0 saturated carbocycles. The monoisotopic (exact) mass is 653 g/mol. The number of benzene rings is 2. The van der Waals surface area contributed by atoms with E-state index >= 15 is 0 Å². The third-order valence-corrected chi connectivity index (χ3v) is 9.20. The molecular formula is C35H37Cl2N9. The van der Waals surface area contributed by atoms with Crippen molar-refractivity contribution in [2.75, 3.05) is 23.7 Å². The standard InChI is InChI=1S/C35H37Cl2N9/c1-22(30-7-5-6-14-39-30)41-32-24(19-38)20-40-34-28(32)17-26(18-29(34)37)42-33(23-8-10-25(36)11-9-23)31-21-46(44-43-31)27-12-15-45(16-13-27)35(2,3)4/h5-11,14,17-18,20-22,27,33,42H,12-13,15-16H2,1-4H3,(H,40,41)/t22?,33-/m0/s1. The van der Waals surface area contributed by atoms with Gasteiger partial charge in [-0.3, -0.25) is 14.9 Å². The molecule has 2 N–H and O–H groups in total. The van der Waals surface area contributed by atoms with E-state index in [0.717, 1.165) is 54.0 Å². The van der Waals surface area contributed by atoms with Crippen LogP contribution >= 0.6 is 23.2 Å². The lowest BCUT2D eigenvalue weighted by Gasteiger charge is -2.40. The minimum absolute atomic E-state index is 0.151. The SMILES string of the molecule is CC(Nc1c(C#N)cnc2c(Cl)cc(N[C@@H](c3ccc(Cl)cc3)c3cn(C4CCN(C(C)(C)C)CC4)nn3)cc12)c1ccccn1. The van der Waals surface area contributed by atoms with Gasteiger partial charge < -0.3 is 10.6 Å². The molecule has 11 heteroatoms. The van der Waals surface area contributed by atoms with Crippen molar-refractivity contribution in [2.24, 2.45) is 0 Å². The van der Waals surface area contributed by atoms with Crippen LogP contribution in [0.5, 0.6) is 0 Å². The minimum atomic E-state index is -0.342. The molecule has 46 heavy (non-hydrogen) atoms. The molecular weight excluding hydrogens is 617 g/mol. The molecule has 2 aromatic carbocycles. The molecule has 9 nitrogen and oxygen atoms in total. The summed E-state index contributed by atoms with van der Waals surface area (Å²) in [4.78, 5) is 11.5. The topological polar surface area (TPSA) is 108 Å². The number of nitrogens with zero attached hydrogens (tertiary/aromatic N) is 7. The molecule has 3 aromatic heterocycles. The number of piperidine rings is 1. The fraction of sp³-hybridized carbons (Fsp3) is 0.343. The fourth-order valence-electron chi connectivity index (χ4n) is 6.06. The second-order valence-electron chi connectivity index (χ2n) is 12.8. The molecule has 1 fully saturated rings. The molecule has 6 rings (SSSR count). The van der Waals surface area contributed by atoms with Crippen LogP contribution in [0.25, 0.3) is 10.9 Å². The van der Waals surface area contributed by atoms with Crippen LogP contribution in [0.1, 0.15) is 81.2 Å². The van der Waals surface area contributed by atoms with Crippen molar-refractivity contribution in [3.05, 3.63) is 106 Å². The Bertz CT molecular complexity index is 1850. The number of fused-ring (bicyclic) bond motifs is 1. The van der Waals surface area contributed by atoms with Gasteiger partial charge in [0, 0.05) is 47.1 Å². The quantitative estimate of drug-likeness (QED) is 0.172. The Morgan fingerprint density at radius 3 is 2.41 bits per heavy atom. The van der Waals surface area contributed by atoms with Crippen LogP contribution in [-0.4, -0.2) is 48.5 Å². The average Bonchev–Trinajstić information content (AvgIpc) is 3.55. The van der Waals surface area contributed by atoms with E-state index < -0.39 is 0 Å². The molecule has 1 saturated heterocycles. The van der Waals surface area contributed by atoms with Gasteiger partial charge in [0.2, 0.25) is 0 Å². The number of pyridine rings is 2. The van der Waals surface area contributed by atoms with Crippen LogP contribution in [0.15, 0.2) is 73.2 Å². The molecule has 4 heterocycles. The van der Waals surface area contributed by atoms with E-state index in [9.17, 15) is 5.26 Å². The number of hydrogen-bond donors (Lipinski definition) is 2. The highest BCUT2D eigenvalue weighted by Gasteiger charge is 2.29. The normalized spacial score (nSPS) is 15.8. The zero-order chi connectivity index (χ0) is 32.4. The Morgan fingerprint density at radius 1 is 0.978 bits per heavy atom. The van der Waals surface area contributed by atoms with Gasteiger partial charge in [-0.05, 0) is 82.5 Å². The summed E-state index contributed by atoms with van der Waals surface area (Å²) < 4.78 is 2.01. The largest absolute Gasteiger partial charge is 0.375 e. The molecule has 1 unspecified atom stereocenters. The second kappa shape index (κ2) is 13.2. The second-order valence-corrected chi connectivity index (χ2v) is 13.6. The van der Waals surface area contributed by atoms with Crippen molar-refractivity contribution in [3.8, 4) is 6.07 Å². The predicted octanol–water partition coefficient (Wildman–Crippen LogP) is 8.21. The number of rotatable bonds is 8. The van der Waals surface area contributed by atoms with Crippen LogP contribution in [-0.2, 0) is 0 Å². The molecule has 0 radical (unpaired) electrons. The number of nitriles is 1. The van der Waals surface area contributed by atoms with Gasteiger partial charge in [0.1, 0.15) is 11.8 Å². The van der Waals surface area contributed by atoms with Gasteiger partial charge >= 0.3 is 0 Å². The Morgan fingerprint density at radius 2 is 1.74 bits per heavy atom. The Balaban J connectivity index is 1.34. The highest BCUT2D eigenvalue weighted by molar-refractivity contribution is 6.36. The van der Waals surface area contributed by atoms with Gasteiger partial charge in [-0.1, -0.05) is 46.6 Å². The highest BCUT2D eigenvalue weighted by atomic mass is 35.5. The highest BCUT2D eigenvalue weighted by Crippen LogP contribution is 2.37. The minimum Gasteiger partial charge on any atom is -0.375 e. The molecule has 0 spiro atoms. The summed E-state index contributed by atoms with van der Waals surface area (Å²) in [5.74, 6) is 0. The van der Waals surface area contributed by atoms with Crippen LogP contribution < -0.4 is 10.6 Å². The third-order valence-electron chi connectivity index (χ3n) is 8.66. The van der Waals surface area contributed by atoms with Crippen LogP contribution in [0.3, 0.4) is 0 Å². The van der Waals surface area contributed by atoms with Crippen LogP contribution in [0.2, 0.25) is 10.0 Å². The first-order valence-electron chi connectivity index (χ1n) is 15.5. The van der Waals surface area contributed by atoms with Crippen molar-refractivity contribution >= 4 is 45.5 Å². The molecule has 0 amide bonds. The molecule has 1 aliphatic heterocycles. The summed E-state index contributed by atoms with van der Waals surface area (Å²) in [7, 11) is 0. The van der Waals surface area contributed by atoms with Crippen molar-refractivity contribution in [3.63, 3.8) is 0 Å². The number of aromatic nitrogens is 5. The Kier molecular flexibility index (Phi) is 9.14. The summed E-state index contributed by atoms with van der Waals surface area (Å²) in [5, 5.41) is 28.2. The van der Waals surface area contributed by atoms with E-state index in [1.54, 1.807) is 12.4 Å². The summed E-state index contributed by atoms with van der Waals surface area (Å²) in [6, 6.07) is 19.4. The third kappa shape index (κ3) is 6.80. The first kappa shape index (κ1) is 31.7. The number of nitrogens with one attached hydrogen (secondary N) is 2. The molecule has 0 aliphatic carbocycles. The zero-order valence-corrected chi connectivity index (χ0v) is 27.9. The zero-order valence-electron chi connectivity index (χ0n) is 26.4. The molecule has 0 bridgehead atoms. The predicted molar refractivity (Wildman–Crippen MR) is 184 cm³/mol. The number of halogens is 2. The van der Waals surface area contributed by atoms with E-state index in [1.807, 2.05) is 72.4 Å². The van der Waals surface area contributed by atoms with E-state index in [1.165, 1.54) is 0 Å². The maximum Gasteiger partial charge on any atom is 0.109 e. The summed E-state index contributed by atoms with van der Waals surface area (Å²) in [6.45, 7) is 10.8. The van der Waals surface area contributed by atoms with Crippen LogP contribution in [0.4, 0.5) is 11.4 Å². The van der Waals surface area contributed by atoms with Gasteiger partial charge in [-0.2, -0.15) is 5.26 Å². The Labute approximate surface area is 279 Å². The van der Waals surface area contributed by atoms with E-state index in [0.29, 0.717) is 26.8 Å². The first-order valence-corrected chi connectivity index (χ1v) is 16.2. The lowest BCUT2D eigenvalue weighted by molar-refractivity contribution is 0.0866. The van der Waals surface area contributed by atoms with E-state index in [4.69, 9.17) is 23.2 Å². The van der Waals surface area contributed by atoms with Crippen molar-refractivity contribution < 1.29 is 0 Å². The maximum atomic E-state index is 10.0. The van der Waals surface area contributed by atoms with Crippen LogP contribution in [0, 0.1) is 11.3 Å². The van der Waals surface area contributed by atoms with E-state index in [2.05, 4.69) is 62.7 Å². The smallest absolute Gasteiger partial charge is 0.109 e. The molecule has 1 aliphatic rings. The summed E-state index contributed by atoms with van der Waals surface area (Å²) >= 11 is 13.1. The number of hydrogen-bond acceptors (Lipinski definition) is 8. The van der Waals surface area contributed by atoms with E-state index in [-0.39, 0.29) is 23.7 Å². The summed E-state index contributed by atoms with van der Waals surface area (Å²) in [6.07, 6.45) is 7.38. The Hall–Kier alpha value is -4.23. The number of likely N-dealkylation sites (tertiary alicyclic amines) is 1. The van der Waals surface area contributed by atoms with Crippen molar-refractivity contribution in [2.45, 2.75) is 64.2 Å². The average molecular weight is 655 g/mol. The number of anilines is 2. The molecule has 2 atom stereocenters.